The molecular formula is C13H17FN2O2. The van der Waals surface area contributed by atoms with Gasteiger partial charge in [-0.2, -0.15) is 0 Å². The molecule has 1 saturated heterocycles. The Morgan fingerprint density at radius 1 is 1.56 bits per heavy atom. The maximum Gasteiger partial charge on any atom is 0.221 e. The number of halogens is 1. The van der Waals surface area contributed by atoms with Gasteiger partial charge >= 0.3 is 0 Å². The normalized spacial score (nSPS) is 19.5. The number of morpholine rings is 1. The molecule has 4 nitrogen and oxygen atoms in total. The van der Waals surface area contributed by atoms with Gasteiger partial charge in [0.1, 0.15) is 5.82 Å². The molecule has 5 heteroatoms. The molecule has 0 spiro atoms. The maximum absolute atomic E-state index is 12.9. The van der Waals surface area contributed by atoms with Crippen LogP contribution in [0.4, 0.5) is 4.39 Å². The number of nitrogens with one attached hydrogen (secondary N) is 2. The second-order valence-corrected chi connectivity index (χ2v) is 4.34. The first kappa shape index (κ1) is 13.0. The molecule has 1 aliphatic rings. The zero-order valence-corrected chi connectivity index (χ0v) is 10.1. The fourth-order valence-electron chi connectivity index (χ4n) is 1.89. The molecule has 1 aliphatic heterocycles. The second kappa shape index (κ2) is 6.47. The number of hydrogen-bond donors (Lipinski definition) is 2. The van der Waals surface area contributed by atoms with E-state index in [1.54, 1.807) is 12.1 Å². The molecule has 1 amide bonds. The summed E-state index contributed by atoms with van der Waals surface area (Å²) in [7, 11) is 0. The van der Waals surface area contributed by atoms with Crippen molar-refractivity contribution in [2.45, 2.75) is 19.0 Å². The summed E-state index contributed by atoms with van der Waals surface area (Å²) in [6.45, 7) is 2.39. The minimum Gasteiger partial charge on any atom is -0.378 e. The zero-order valence-electron chi connectivity index (χ0n) is 10.1. The van der Waals surface area contributed by atoms with Crippen molar-refractivity contribution in [3.05, 3.63) is 35.6 Å². The first-order valence-corrected chi connectivity index (χ1v) is 6.06. The van der Waals surface area contributed by atoms with Gasteiger partial charge in [0.15, 0.2) is 0 Å². The summed E-state index contributed by atoms with van der Waals surface area (Å²) >= 11 is 0. The van der Waals surface area contributed by atoms with Crippen LogP contribution in [0.15, 0.2) is 24.3 Å². The van der Waals surface area contributed by atoms with Crippen molar-refractivity contribution < 1.29 is 13.9 Å². The molecule has 1 heterocycles. The summed E-state index contributed by atoms with van der Waals surface area (Å²) in [5.74, 6) is -0.341. The minimum absolute atomic E-state index is 0.0535. The lowest BCUT2D eigenvalue weighted by atomic mass is 10.1. The molecule has 0 aliphatic carbocycles. The number of carbonyl (C=O) groups is 1. The van der Waals surface area contributed by atoms with Crippen molar-refractivity contribution in [3.8, 4) is 0 Å². The summed E-state index contributed by atoms with van der Waals surface area (Å²) in [6.07, 6.45) is 0.384. The van der Waals surface area contributed by atoms with Crippen molar-refractivity contribution in [2.24, 2.45) is 0 Å². The lowest BCUT2D eigenvalue weighted by Crippen LogP contribution is -2.44. The number of amides is 1. The van der Waals surface area contributed by atoms with Gasteiger partial charge in [0.25, 0.3) is 0 Å². The Morgan fingerprint density at radius 3 is 3.17 bits per heavy atom. The SMILES string of the molecule is O=C(CC1COCCN1)NCc1cccc(F)c1. The molecule has 2 rings (SSSR count). The van der Waals surface area contributed by atoms with E-state index < -0.39 is 0 Å². The number of hydrogen-bond acceptors (Lipinski definition) is 3. The van der Waals surface area contributed by atoms with Crippen LogP contribution in [0.2, 0.25) is 0 Å². The van der Waals surface area contributed by atoms with E-state index in [-0.39, 0.29) is 17.8 Å². The Morgan fingerprint density at radius 2 is 2.44 bits per heavy atom. The Hall–Kier alpha value is -1.46. The highest BCUT2D eigenvalue weighted by Crippen LogP contribution is 2.03. The number of carbonyl (C=O) groups excluding carboxylic acids is 1. The van der Waals surface area contributed by atoms with Crippen molar-refractivity contribution in [3.63, 3.8) is 0 Å². The zero-order chi connectivity index (χ0) is 12.8. The van der Waals surface area contributed by atoms with Gasteiger partial charge in [-0.3, -0.25) is 4.79 Å². The summed E-state index contributed by atoms with van der Waals surface area (Å²) in [5.41, 5.74) is 0.760. The third-order valence-electron chi connectivity index (χ3n) is 2.81. The van der Waals surface area contributed by atoms with Crippen molar-refractivity contribution >= 4 is 5.91 Å². The van der Waals surface area contributed by atoms with Gasteiger partial charge < -0.3 is 15.4 Å². The number of benzene rings is 1. The van der Waals surface area contributed by atoms with Crippen LogP contribution in [0.5, 0.6) is 0 Å². The third kappa shape index (κ3) is 4.09. The van der Waals surface area contributed by atoms with Gasteiger partial charge in [0.05, 0.1) is 13.2 Å². The molecule has 1 aromatic carbocycles. The first-order chi connectivity index (χ1) is 8.74. The quantitative estimate of drug-likeness (QED) is 0.834. The molecule has 0 radical (unpaired) electrons. The van der Waals surface area contributed by atoms with Crippen LogP contribution in [-0.2, 0) is 16.1 Å². The Balaban J connectivity index is 1.74. The lowest BCUT2D eigenvalue weighted by molar-refractivity contribution is -0.122. The van der Waals surface area contributed by atoms with Crippen molar-refractivity contribution in [1.29, 1.82) is 0 Å². The van der Waals surface area contributed by atoms with Gasteiger partial charge in [0.2, 0.25) is 5.91 Å². The van der Waals surface area contributed by atoms with Gasteiger partial charge in [-0.1, -0.05) is 12.1 Å². The highest BCUT2D eigenvalue weighted by atomic mass is 19.1. The van der Waals surface area contributed by atoms with Crippen LogP contribution in [0.3, 0.4) is 0 Å². The van der Waals surface area contributed by atoms with Gasteiger partial charge in [0, 0.05) is 25.6 Å². The van der Waals surface area contributed by atoms with Crippen molar-refractivity contribution in [2.75, 3.05) is 19.8 Å². The molecule has 1 atom stereocenters. The van der Waals surface area contributed by atoms with E-state index in [9.17, 15) is 9.18 Å². The molecule has 0 saturated carbocycles. The van der Waals surface area contributed by atoms with Crippen LogP contribution in [0.25, 0.3) is 0 Å². The van der Waals surface area contributed by atoms with E-state index in [1.807, 2.05) is 0 Å². The second-order valence-electron chi connectivity index (χ2n) is 4.34. The van der Waals surface area contributed by atoms with E-state index in [2.05, 4.69) is 10.6 Å². The van der Waals surface area contributed by atoms with E-state index in [1.165, 1.54) is 12.1 Å². The van der Waals surface area contributed by atoms with Gasteiger partial charge in [-0.05, 0) is 17.7 Å². The number of ether oxygens (including phenoxy) is 1. The minimum atomic E-state index is -0.288. The van der Waals surface area contributed by atoms with Crippen molar-refractivity contribution in [1.82, 2.24) is 10.6 Å². The van der Waals surface area contributed by atoms with E-state index in [4.69, 9.17) is 4.74 Å². The summed E-state index contributed by atoms with van der Waals surface area (Å²) < 4.78 is 18.2. The predicted octanol–water partition coefficient (Wildman–Crippen LogP) is 0.820. The average Bonchev–Trinajstić information content (AvgIpc) is 2.38. The summed E-state index contributed by atoms with van der Waals surface area (Å²) in [5, 5.41) is 5.98. The first-order valence-electron chi connectivity index (χ1n) is 6.06. The highest BCUT2D eigenvalue weighted by molar-refractivity contribution is 5.76. The van der Waals surface area contributed by atoms with E-state index in [0.29, 0.717) is 26.2 Å². The lowest BCUT2D eigenvalue weighted by Gasteiger charge is -2.23. The third-order valence-corrected chi connectivity index (χ3v) is 2.81. The van der Waals surface area contributed by atoms with Crippen LogP contribution in [0, 0.1) is 5.82 Å². The maximum atomic E-state index is 12.9. The monoisotopic (exact) mass is 252 g/mol. The molecule has 18 heavy (non-hydrogen) atoms. The van der Waals surface area contributed by atoms with Crippen LogP contribution < -0.4 is 10.6 Å². The molecule has 1 unspecified atom stereocenters. The predicted molar refractivity (Wildman–Crippen MR) is 65.5 cm³/mol. The molecular weight excluding hydrogens is 235 g/mol. The summed E-state index contributed by atoms with van der Waals surface area (Å²) in [6, 6.07) is 6.29. The molecule has 1 fully saturated rings. The fraction of sp³-hybridized carbons (Fsp3) is 0.462. The average molecular weight is 252 g/mol. The smallest absolute Gasteiger partial charge is 0.221 e. The fourth-order valence-corrected chi connectivity index (χ4v) is 1.89. The van der Waals surface area contributed by atoms with Gasteiger partial charge in [-0.25, -0.2) is 4.39 Å². The van der Waals surface area contributed by atoms with Gasteiger partial charge in [-0.15, -0.1) is 0 Å². The Bertz CT molecular complexity index is 406. The van der Waals surface area contributed by atoms with E-state index in [0.717, 1.165) is 12.1 Å². The van der Waals surface area contributed by atoms with Crippen LogP contribution in [0.1, 0.15) is 12.0 Å². The summed E-state index contributed by atoms with van der Waals surface area (Å²) in [4.78, 5) is 11.7. The largest absolute Gasteiger partial charge is 0.378 e. The molecule has 2 N–H and O–H groups in total. The van der Waals surface area contributed by atoms with E-state index >= 15 is 0 Å². The number of rotatable bonds is 4. The molecule has 1 aromatic rings. The molecule has 98 valence electrons. The molecule has 0 bridgehead atoms. The highest BCUT2D eigenvalue weighted by Gasteiger charge is 2.16. The standard InChI is InChI=1S/C13H17FN2O2/c14-11-3-1-2-10(6-11)8-16-13(17)7-12-9-18-5-4-15-12/h1-3,6,12,15H,4-5,7-9H2,(H,16,17). The Kier molecular flexibility index (Phi) is 4.66. The van der Waals surface area contributed by atoms with Crippen LogP contribution >= 0.6 is 0 Å². The Labute approximate surface area is 106 Å². The van der Waals surface area contributed by atoms with Crippen LogP contribution in [-0.4, -0.2) is 31.7 Å². The molecule has 0 aromatic heterocycles. The topological polar surface area (TPSA) is 50.4 Å².